The van der Waals surface area contributed by atoms with E-state index in [1.165, 1.54) is 90.1 Å². The molecule has 0 nitrogen and oxygen atoms in total. The third kappa shape index (κ3) is 5.03. The third-order valence-electron chi connectivity index (χ3n) is 3.68. The van der Waals surface area contributed by atoms with Gasteiger partial charge in [-0.2, -0.15) is 0 Å². The lowest BCUT2D eigenvalue weighted by molar-refractivity contribution is 0.785. The predicted molar refractivity (Wildman–Crippen MR) is 110 cm³/mol. The van der Waals surface area contributed by atoms with Crippen LogP contribution in [0.1, 0.15) is 38.5 Å². The van der Waals surface area contributed by atoms with Crippen LogP contribution in [0.5, 0.6) is 0 Å². The first-order valence-corrected chi connectivity index (χ1v) is 12.6. The van der Waals surface area contributed by atoms with Crippen molar-refractivity contribution in [3.63, 3.8) is 0 Å². The van der Waals surface area contributed by atoms with Crippen molar-refractivity contribution < 1.29 is 0 Å². The van der Waals surface area contributed by atoms with Crippen molar-refractivity contribution in [1.29, 1.82) is 0 Å². The van der Waals surface area contributed by atoms with E-state index in [0.717, 1.165) is 0 Å². The average Bonchev–Trinajstić information content (AvgIpc) is 3.34. The van der Waals surface area contributed by atoms with Gasteiger partial charge in [0.25, 0.3) is 0 Å². The van der Waals surface area contributed by atoms with Crippen LogP contribution in [0.15, 0.2) is 19.6 Å². The molecule has 1 heterocycles. The molecular weight excluding hydrogens is 385 g/mol. The van der Waals surface area contributed by atoms with Gasteiger partial charge in [0.15, 0.2) is 0 Å². The molecule has 0 radical (unpaired) electrons. The summed E-state index contributed by atoms with van der Waals surface area (Å²) in [6, 6.07) is 0. The lowest BCUT2D eigenvalue weighted by Crippen LogP contribution is -1.84. The van der Waals surface area contributed by atoms with Crippen LogP contribution in [0.4, 0.5) is 0 Å². The Bertz CT molecular complexity index is 524. The first-order chi connectivity index (χ1) is 10.8. The monoisotopic (exact) mass is 404 g/mol. The van der Waals surface area contributed by atoms with Gasteiger partial charge in [0.2, 0.25) is 0 Å². The van der Waals surface area contributed by atoms with Crippen molar-refractivity contribution in [2.45, 2.75) is 58.1 Å². The Morgan fingerprint density at radius 2 is 0.727 bits per heavy atom. The highest BCUT2D eigenvalue weighted by atomic mass is 32.2. The molecule has 0 spiro atoms. The van der Waals surface area contributed by atoms with Crippen molar-refractivity contribution >= 4 is 71.5 Å². The summed E-state index contributed by atoms with van der Waals surface area (Å²) >= 11 is 18.8. The number of fused-ring (bicyclic) bond motifs is 2. The van der Waals surface area contributed by atoms with Crippen molar-refractivity contribution in [2.75, 3.05) is 23.0 Å². The number of thioether (sulfide) groups is 4. The molecule has 0 bridgehead atoms. The summed E-state index contributed by atoms with van der Waals surface area (Å²) in [7, 11) is 0. The normalized spacial score (nSPS) is 20.4. The molecule has 0 N–H and O–H groups in total. The minimum Gasteiger partial charge on any atom is -0.123 e. The first-order valence-electron chi connectivity index (χ1n) is 7.88. The molecule has 0 saturated heterocycles. The molecule has 6 heteroatoms. The highest BCUT2D eigenvalue weighted by Gasteiger charge is 2.20. The molecule has 120 valence electrons. The maximum atomic E-state index is 5.43. The van der Waals surface area contributed by atoms with E-state index in [1.807, 2.05) is 47.0 Å². The van der Waals surface area contributed by atoms with Gasteiger partial charge in [-0.3, -0.25) is 0 Å². The Kier molecular flexibility index (Phi) is 7.27. The molecule has 1 aliphatic rings. The van der Waals surface area contributed by atoms with Crippen LogP contribution in [0.2, 0.25) is 0 Å². The molecule has 2 aromatic rings. The van der Waals surface area contributed by atoms with Crippen molar-refractivity contribution in [2.24, 2.45) is 0 Å². The van der Waals surface area contributed by atoms with Gasteiger partial charge >= 0.3 is 0 Å². The molecular formula is C16H20S6. The van der Waals surface area contributed by atoms with Gasteiger partial charge in [0.1, 0.15) is 0 Å². The SMILES string of the molecule is S=c1c2c1SCCCCCSc1c(c1=S)SCCCCCS2. The van der Waals surface area contributed by atoms with Crippen LogP contribution in [0, 0.1) is 9.02 Å². The quantitative estimate of drug-likeness (QED) is 0.419. The lowest BCUT2D eigenvalue weighted by atomic mass is 10.3. The van der Waals surface area contributed by atoms with Gasteiger partial charge in [-0.1, -0.05) is 37.3 Å². The highest BCUT2D eigenvalue weighted by molar-refractivity contribution is 8.04. The molecule has 0 unspecified atom stereocenters. The Labute approximate surface area is 160 Å². The van der Waals surface area contributed by atoms with Crippen LogP contribution in [0.25, 0.3) is 0 Å². The molecule has 0 fully saturated rings. The summed E-state index contributed by atoms with van der Waals surface area (Å²) in [5, 5.41) is 0. The second-order valence-corrected chi connectivity index (χ2v) is 10.7. The Morgan fingerprint density at radius 1 is 0.455 bits per heavy atom. The Hall–Kier alpha value is 1.06. The molecule has 0 aromatic heterocycles. The summed E-state index contributed by atoms with van der Waals surface area (Å²) in [4.78, 5) is 5.74. The zero-order chi connectivity index (χ0) is 15.4. The first kappa shape index (κ1) is 17.9. The Balaban J connectivity index is 1.45. The second kappa shape index (κ2) is 8.95. The van der Waals surface area contributed by atoms with Crippen LogP contribution < -0.4 is 0 Å². The van der Waals surface area contributed by atoms with Gasteiger partial charge in [0.05, 0.1) is 9.02 Å². The van der Waals surface area contributed by atoms with Gasteiger partial charge in [-0.05, 0) is 48.7 Å². The molecule has 0 atom stereocenters. The molecule has 0 amide bonds. The van der Waals surface area contributed by atoms with Crippen molar-refractivity contribution in [3.8, 4) is 0 Å². The Morgan fingerprint density at radius 3 is 1.00 bits per heavy atom. The van der Waals surface area contributed by atoms with E-state index in [4.69, 9.17) is 24.4 Å². The summed E-state index contributed by atoms with van der Waals surface area (Å²) in [5.74, 6) is 4.91. The molecule has 3 rings (SSSR count). The van der Waals surface area contributed by atoms with Gasteiger partial charge in [-0.15, -0.1) is 47.0 Å². The molecule has 22 heavy (non-hydrogen) atoms. The van der Waals surface area contributed by atoms with E-state index in [2.05, 4.69) is 0 Å². The van der Waals surface area contributed by atoms with Crippen LogP contribution >= 0.6 is 71.5 Å². The summed E-state index contributed by atoms with van der Waals surface area (Å²) in [6.45, 7) is 0. The van der Waals surface area contributed by atoms with Crippen LogP contribution in [-0.2, 0) is 0 Å². The number of rotatable bonds is 0. The maximum absolute atomic E-state index is 5.43. The fourth-order valence-corrected chi connectivity index (χ4v) is 8.24. The van der Waals surface area contributed by atoms with Gasteiger partial charge in [0, 0.05) is 19.6 Å². The second-order valence-electron chi connectivity index (χ2n) is 5.49. The lowest BCUT2D eigenvalue weighted by Gasteiger charge is -2.00. The summed E-state index contributed by atoms with van der Waals surface area (Å²) in [6.07, 6.45) is 7.87. The average molecular weight is 405 g/mol. The summed E-state index contributed by atoms with van der Waals surface area (Å²) in [5.41, 5.74) is 0. The predicted octanol–water partition coefficient (Wildman–Crippen LogP) is 7.32. The molecule has 0 saturated carbocycles. The zero-order valence-electron chi connectivity index (χ0n) is 12.5. The fourth-order valence-electron chi connectivity index (χ4n) is 2.26. The fraction of sp³-hybridized carbons (Fsp3) is 0.625. The number of hydrogen-bond acceptors (Lipinski definition) is 6. The van der Waals surface area contributed by atoms with Crippen molar-refractivity contribution in [1.82, 2.24) is 0 Å². The van der Waals surface area contributed by atoms with E-state index >= 15 is 0 Å². The van der Waals surface area contributed by atoms with Gasteiger partial charge in [-0.25, -0.2) is 0 Å². The maximum Gasteiger partial charge on any atom is 0.0672 e. The minimum atomic E-state index is 1.17. The van der Waals surface area contributed by atoms with Crippen molar-refractivity contribution in [3.05, 3.63) is 9.02 Å². The van der Waals surface area contributed by atoms with E-state index in [0.29, 0.717) is 0 Å². The smallest absolute Gasteiger partial charge is 0.0672 e. The van der Waals surface area contributed by atoms with Crippen LogP contribution in [0.3, 0.4) is 0 Å². The number of hydrogen-bond donors (Lipinski definition) is 0. The van der Waals surface area contributed by atoms with E-state index < -0.39 is 0 Å². The minimum absolute atomic E-state index is 1.17. The van der Waals surface area contributed by atoms with Crippen LogP contribution in [-0.4, -0.2) is 23.0 Å². The highest BCUT2D eigenvalue weighted by Crippen LogP contribution is 2.45. The van der Waals surface area contributed by atoms with E-state index in [1.54, 1.807) is 0 Å². The van der Waals surface area contributed by atoms with E-state index in [9.17, 15) is 0 Å². The zero-order valence-corrected chi connectivity index (χ0v) is 17.4. The molecule has 0 aliphatic carbocycles. The topological polar surface area (TPSA) is 0 Å². The molecule has 2 aromatic carbocycles. The summed E-state index contributed by atoms with van der Waals surface area (Å²) < 4.78 is 2.33. The largest absolute Gasteiger partial charge is 0.123 e. The van der Waals surface area contributed by atoms with E-state index in [-0.39, 0.29) is 0 Å². The standard InChI is InChI=1S/C16H20S6/c17-11-13-15(11)21-9-5-2-6-10-22-16-12(18)14(16)20-8-4-1-3-7-19-13/h1-10H2. The third-order valence-corrected chi connectivity index (χ3v) is 10.0. The molecule has 1 aliphatic heterocycles. The van der Waals surface area contributed by atoms with Gasteiger partial charge < -0.3 is 0 Å².